The smallest absolute Gasteiger partial charge is 0.339 e. The van der Waals surface area contributed by atoms with E-state index in [4.69, 9.17) is 23.2 Å². The number of amides is 1. The van der Waals surface area contributed by atoms with Crippen LogP contribution in [0.5, 0.6) is 0 Å². The van der Waals surface area contributed by atoms with Gasteiger partial charge in [-0.05, 0) is 42.4 Å². The molecule has 208 valence electrons. The molecular formula is C25H27Cl2F4N3O3S. The highest BCUT2D eigenvalue weighted by molar-refractivity contribution is 7.91. The zero-order chi connectivity index (χ0) is 27.8. The Kier molecular flexibility index (Phi) is 8.64. The van der Waals surface area contributed by atoms with Crippen LogP contribution in [0.25, 0.3) is 0 Å². The second kappa shape index (κ2) is 11.3. The molecule has 0 aromatic heterocycles. The molecule has 2 saturated heterocycles. The predicted molar refractivity (Wildman–Crippen MR) is 138 cm³/mol. The molecule has 0 N–H and O–H groups in total. The summed E-state index contributed by atoms with van der Waals surface area (Å²) in [4.78, 5) is 18.6. The first-order chi connectivity index (χ1) is 17.7. The Labute approximate surface area is 229 Å². The molecule has 6 nitrogen and oxygen atoms in total. The summed E-state index contributed by atoms with van der Waals surface area (Å²) in [5.74, 6) is -1.65. The quantitative estimate of drug-likeness (QED) is 0.466. The van der Waals surface area contributed by atoms with E-state index in [1.807, 2.05) is 15.9 Å². The number of hydrogen-bond acceptors (Lipinski definition) is 5. The summed E-state index contributed by atoms with van der Waals surface area (Å²) in [5.41, 5.74) is -0.111. The van der Waals surface area contributed by atoms with Gasteiger partial charge in [-0.1, -0.05) is 35.3 Å². The van der Waals surface area contributed by atoms with Gasteiger partial charge < -0.3 is 4.90 Å². The normalized spacial score (nSPS) is 22.3. The van der Waals surface area contributed by atoms with Crippen LogP contribution in [0.15, 0.2) is 36.4 Å². The van der Waals surface area contributed by atoms with Crippen molar-refractivity contribution in [2.45, 2.75) is 24.7 Å². The number of nitrogens with zero attached hydrogens (tertiary/aromatic N) is 3. The van der Waals surface area contributed by atoms with Crippen molar-refractivity contribution in [3.8, 4) is 0 Å². The molecule has 0 saturated carbocycles. The third-order valence-corrected chi connectivity index (χ3v) is 9.49. The van der Waals surface area contributed by atoms with Crippen molar-refractivity contribution in [3.05, 3.63) is 69.0 Å². The maximum absolute atomic E-state index is 14.2. The summed E-state index contributed by atoms with van der Waals surface area (Å²) >= 11 is 12.3. The fourth-order valence-electron chi connectivity index (χ4n) is 5.00. The molecule has 0 radical (unpaired) electrons. The van der Waals surface area contributed by atoms with E-state index < -0.39 is 27.4 Å². The topological polar surface area (TPSA) is 60.9 Å². The number of sulfone groups is 1. The van der Waals surface area contributed by atoms with Gasteiger partial charge in [0.2, 0.25) is 5.91 Å². The van der Waals surface area contributed by atoms with Crippen LogP contribution in [0.3, 0.4) is 0 Å². The van der Waals surface area contributed by atoms with E-state index in [-0.39, 0.29) is 42.5 Å². The van der Waals surface area contributed by atoms with Crippen molar-refractivity contribution in [2.24, 2.45) is 0 Å². The molecule has 2 aliphatic rings. The van der Waals surface area contributed by atoms with Gasteiger partial charge in [-0.2, -0.15) is 13.2 Å². The van der Waals surface area contributed by atoms with Gasteiger partial charge >= 0.3 is 6.18 Å². The minimum absolute atomic E-state index is 0.0151. The van der Waals surface area contributed by atoms with Gasteiger partial charge in [-0.15, -0.1) is 0 Å². The van der Waals surface area contributed by atoms with Crippen LogP contribution in [0.4, 0.5) is 17.6 Å². The molecular weight excluding hydrogens is 569 g/mol. The molecule has 2 aromatic carbocycles. The maximum Gasteiger partial charge on any atom is 0.419 e. The van der Waals surface area contributed by atoms with E-state index in [9.17, 15) is 30.8 Å². The summed E-state index contributed by atoms with van der Waals surface area (Å²) in [6, 6.07) is 7.84. The van der Waals surface area contributed by atoms with Crippen molar-refractivity contribution < 1.29 is 30.8 Å². The van der Waals surface area contributed by atoms with Crippen LogP contribution in [-0.4, -0.2) is 86.3 Å². The molecule has 13 heteroatoms. The summed E-state index contributed by atoms with van der Waals surface area (Å²) in [6.45, 7) is 1.52. The number of halogens is 6. The van der Waals surface area contributed by atoms with Crippen LogP contribution in [0.1, 0.15) is 22.6 Å². The number of benzene rings is 2. The molecule has 2 atom stereocenters. The number of carbonyl (C=O) groups excluding carboxylic acids is 1. The first-order valence-corrected chi connectivity index (χ1v) is 14.5. The largest absolute Gasteiger partial charge is 0.419 e. The molecule has 2 fully saturated rings. The zero-order valence-corrected chi connectivity index (χ0v) is 22.8. The number of carbonyl (C=O) groups is 1. The molecule has 4 rings (SSSR count). The third kappa shape index (κ3) is 6.80. The zero-order valence-electron chi connectivity index (χ0n) is 20.5. The van der Waals surface area contributed by atoms with E-state index in [0.29, 0.717) is 41.8 Å². The highest BCUT2D eigenvalue weighted by Crippen LogP contribution is 2.36. The Morgan fingerprint density at radius 2 is 1.74 bits per heavy atom. The Hall–Kier alpha value is -1.92. The molecule has 1 unspecified atom stereocenters. The summed E-state index contributed by atoms with van der Waals surface area (Å²) in [5, 5.41) is 0.737. The number of hydrogen-bond donors (Lipinski definition) is 0. The fourth-order valence-corrected chi connectivity index (χ4v) is 6.58. The van der Waals surface area contributed by atoms with Gasteiger partial charge in [-0.25, -0.2) is 12.8 Å². The molecule has 2 aliphatic heterocycles. The van der Waals surface area contributed by atoms with E-state index in [1.54, 1.807) is 24.1 Å². The van der Waals surface area contributed by atoms with Crippen molar-refractivity contribution >= 4 is 38.9 Å². The van der Waals surface area contributed by atoms with Gasteiger partial charge in [0.05, 0.1) is 33.7 Å². The first-order valence-electron chi connectivity index (χ1n) is 11.9. The Balaban J connectivity index is 1.52. The summed E-state index contributed by atoms with van der Waals surface area (Å²) in [6.07, 6.45) is -4.78. The van der Waals surface area contributed by atoms with Crippen molar-refractivity contribution in [1.82, 2.24) is 14.7 Å². The predicted octanol–water partition coefficient (Wildman–Crippen LogP) is 4.31. The van der Waals surface area contributed by atoms with Gasteiger partial charge in [0.25, 0.3) is 0 Å². The van der Waals surface area contributed by atoms with E-state index in [2.05, 4.69) is 0 Å². The first kappa shape index (κ1) is 29.1. The van der Waals surface area contributed by atoms with Crippen LogP contribution in [0, 0.1) is 5.82 Å². The van der Waals surface area contributed by atoms with Gasteiger partial charge in [0, 0.05) is 44.7 Å². The van der Waals surface area contributed by atoms with E-state index in [0.717, 1.165) is 17.7 Å². The fraction of sp³-hybridized carbons (Fsp3) is 0.480. The lowest BCUT2D eigenvalue weighted by Crippen LogP contribution is -2.46. The Morgan fingerprint density at radius 3 is 2.34 bits per heavy atom. The standard InChI is InChI=1S/C25H27Cl2F4N3O3S/c1-32(12-16-2-4-19(22(28)10-16)25(29,30)31)23-14-34(13-18(23)17-3-5-20(26)21(27)11-17)24(35)15-33-6-8-38(36,37)9-7-33/h2-5,10-11,18,23H,6-9,12-15H2,1H3/t18-,23?/m1/s1. The highest BCUT2D eigenvalue weighted by atomic mass is 35.5. The molecule has 0 bridgehead atoms. The van der Waals surface area contributed by atoms with Crippen molar-refractivity contribution in [3.63, 3.8) is 0 Å². The molecule has 0 spiro atoms. The lowest BCUT2D eigenvalue weighted by atomic mass is 9.93. The van der Waals surface area contributed by atoms with Crippen LogP contribution in [-0.2, 0) is 27.4 Å². The van der Waals surface area contributed by atoms with Gasteiger partial charge in [0.15, 0.2) is 9.84 Å². The lowest BCUT2D eigenvalue weighted by molar-refractivity contribution is -0.140. The molecule has 1 amide bonds. The minimum atomic E-state index is -4.78. The minimum Gasteiger partial charge on any atom is -0.339 e. The van der Waals surface area contributed by atoms with Crippen LogP contribution < -0.4 is 0 Å². The number of likely N-dealkylation sites (N-methyl/N-ethyl adjacent to an activating group) is 1. The van der Waals surface area contributed by atoms with E-state index >= 15 is 0 Å². The van der Waals surface area contributed by atoms with Gasteiger partial charge in [-0.3, -0.25) is 14.6 Å². The van der Waals surface area contributed by atoms with Crippen molar-refractivity contribution in [2.75, 3.05) is 51.3 Å². The number of rotatable bonds is 6. The molecule has 0 aliphatic carbocycles. The van der Waals surface area contributed by atoms with Crippen molar-refractivity contribution in [1.29, 1.82) is 0 Å². The maximum atomic E-state index is 14.2. The average molecular weight is 596 g/mol. The SMILES string of the molecule is CN(Cc1ccc(C(F)(F)F)c(F)c1)C1CN(C(=O)CN2CCS(=O)(=O)CC2)C[C@@H]1c1ccc(Cl)c(Cl)c1. The molecule has 38 heavy (non-hydrogen) atoms. The molecule has 2 heterocycles. The summed E-state index contributed by atoms with van der Waals surface area (Å²) < 4.78 is 76.5. The lowest BCUT2D eigenvalue weighted by Gasteiger charge is -2.29. The monoisotopic (exact) mass is 595 g/mol. The average Bonchev–Trinajstić information content (AvgIpc) is 3.27. The molecule has 2 aromatic rings. The van der Waals surface area contributed by atoms with Crippen LogP contribution >= 0.6 is 23.2 Å². The second-order valence-electron chi connectivity index (χ2n) is 9.80. The Morgan fingerprint density at radius 1 is 1.05 bits per heavy atom. The van der Waals surface area contributed by atoms with E-state index in [1.165, 1.54) is 6.07 Å². The van der Waals surface area contributed by atoms with Gasteiger partial charge in [0.1, 0.15) is 5.82 Å². The third-order valence-electron chi connectivity index (χ3n) is 7.15. The number of likely N-dealkylation sites (tertiary alicyclic amines) is 1. The Bertz CT molecular complexity index is 1300. The van der Waals surface area contributed by atoms with Crippen LogP contribution in [0.2, 0.25) is 10.0 Å². The highest BCUT2D eigenvalue weighted by Gasteiger charge is 2.39. The number of alkyl halides is 3. The summed E-state index contributed by atoms with van der Waals surface area (Å²) in [7, 11) is -1.30. The second-order valence-corrected chi connectivity index (χ2v) is 12.9.